The molecule has 1 saturated carbocycles. The molecule has 1 saturated heterocycles. The Hall–Kier alpha value is -2.22. The summed E-state index contributed by atoms with van der Waals surface area (Å²) in [6.45, 7) is 4.77. The molecule has 2 aliphatic rings. The summed E-state index contributed by atoms with van der Waals surface area (Å²) in [6, 6.07) is 4.03. The minimum atomic E-state index is -3.02. The molecule has 0 bridgehead atoms. The van der Waals surface area contributed by atoms with Crippen molar-refractivity contribution in [1.29, 1.82) is 0 Å². The second-order valence-electron chi connectivity index (χ2n) is 10.1. The summed E-state index contributed by atoms with van der Waals surface area (Å²) in [5.41, 5.74) is 6.71. The van der Waals surface area contributed by atoms with Crippen LogP contribution in [0.25, 0.3) is 0 Å². The van der Waals surface area contributed by atoms with E-state index in [1.165, 1.54) is 6.07 Å². The zero-order valence-corrected chi connectivity index (χ0v) is 19.9. The van der Waals surface area contributed by atoms with Gasteiger partial charge in [-0.05, 0) is 31.2 Å². The van der Waals surface area contributed by atoms with E-state index in [2.05, 4.69) is 0 Å². The molecule has 33 heavy (non-hydrogen) atoms. The molecule has 0 aromatic heterocycles. The number of benzene rings is 1. The van der Waals surface area contributed by atoms with E-state index in [1.807, 2.05) is 20.8 Å². The summed E-state index contributed by atoms with van der Waals surface area (Å²) in [6.07, 6.45) is 4.44. The molecule has 1 amide bonds. The van der Waals surface area contributed by atoms with E-state index >= 15 is 0 Å². The highest BCUT2D eigenvalue weighted by Gasteiger charge is 2.58. The van der Waals surface area contributed by atoms with Crippen molar-refractivity contribution in [1.82, 2.24) is 4.90 Å². The zero-order chi connectivity index (χ0) is 24.3. The summed E-state index contributed by atoms with van der Waals surface area (Å²) in [7, 11) is 0. The molecule has 3 rings (SSSR count). The summed E-state index contributed by atoms with van der Waals surface area (Å²) in [5.74, 6) is -1.37. The molecule has 1 aromatic carbocycles. The molecule has 1 aliphatic heterocycles. The SMILES string of the molecule is CCOC(=O)[C@@H]1[C@@H](C(C)(C)C)[C@H](N)[C@H](c2ccccc2OC(F)F)N1C(=O)C1CCCCC1. The summed E-state index contributed by atoms with van der Waals surface area (Å²) in [5, 5.41) is 0. The molecule has 8 heteroatoms. The molecule has 0 spiro atoms. The van der Waals surface area contributed by atoms with Crippen LogP contribution < -0.4 is 10.5 Å². The van der Waals surface area contributed by atoms with Gasteiger partial charge in [-0.15, -0.1) is 0 Å². The number of carbonyl (C=O) groups is 2. The maximum Gasteiger partial charge on any atom is 0.387 e. The van der Waals surface area contributed by atoms with E-state index in [0.717, 1.165) is 32.1 Å². The second kappa shape index (κ2) is 10.4. The van der Waals surface area contributed by atoms with E-state index < -0.39 is 42.0 Å². The Morgan fingerprint density at radius 2 is 1.79 bits per heavy atom. The maximum atomic E-state index is 13.9. The van der Waals surface area contributed by atoms with Crippen molar-refractivity contribution in [2.45, 2.75) is 84.5 Å². The number of nitrogens with zero attached hydrogens (tertiary/aromatic N) is 1. The van der Waals surface area contributed by atoms with E-state index in [9.17, 15) is 18.4 Å². The van der Waals surface area contributed by atoms with Gasteiger partial charge in [0.15, 0.2) is 0 Å². The Morgan fingerprint density at radius 3 is 2.36 bits per heavy atom. The summed E-state index contributed by atoms with van der Waals surface area (Å²) < 4.78 is 36.6. The third-order valence-corrected chi connectivity index (χ3v) is 6.91. The molecule has 2 N–H and O–H groups in total. The van der Waals surface area contributed by atoms with Crippen LogP contribution in [-0.4, -0.2) is 42.1 Å². The van der Waals surface area contributed by atoms with Crippen LogP contribution in [0, 0.1) is 17.3 Å². The average molecular weight is 467 g/mol. The van der Waals surface area contributed by atoms with Crippen LogP contribution in [0.15, 0.2) is 24.3 Å². The van der Waals surface area contributed by atoms with Gasteiger partial charge in [-0.3, -0.25) is 4.79 Å². The lowest BCUT2D eigenvalue weighted by atomic mass is 9.73. The minimum Gasteiger partial charge on any atom is -0.464 e. The Morgan fingerprint density at radius 1 is 1.15 bits per heavy atom. The Bertz CT molecular complexity index is 836. The van der Waals surface area contributed by atoms with Crippen LogP contribution in [0.4, 0.5) is 8.78 Å². The number of para-hydroxylation sites is 1. The fourth-order valence-electron chi connectivity index (χ4n) is 5.60. The van der Waals surface area contributed by atoms with E-state index in [0.29, 0.717) is 5.56 Å². The molecule has 2 fully saturated rings. The van der Waals surface area contributed by atoms with Crippen molar-refractivity contribution >= 4 is 11.9 Å². The molecular weight excluding hydrogens is 430 g/mol. The van der Waals surface area contributed by atoms with Gasteiger partial charge in [0.05, 0.1) is 12.6 Å². The molecule has 0 unspecified atom stereocenters. The van der Waals surface area contributed by atoms with Crippen LogP contribution >= 0.6 is 0 Å². The summed E-state index contributed by atoms with van der Waals surface area (Å²) >= 11 is 0. The van der Waals surface area contributed by atoms with Crippen LogP contribution in [0.1, 0.15) is 71.4 Å². The second-order valence-corrected chi connectivity index (χ2v) is 10.1. The van der Waals surface area contributed by atoms with Gasteiger partial charge >= 0.3 is 12.6 Å². The number of esters is 1. The largest absolute Gasteiger partial charge is 0.464 e. The number of hydrogen-bond acceptors (Lipinski definition) is 5. The van der Waals surface area contributed by atoms with E-state index in [-0.39, 0.29) is 24.2 Å². The molecule has 184 valence electrons. The number of alkyl halides is 2. The van der Waals surface area contributed by atoms with Gasteiger partial charge in [-0.1, -0.05) is 58.2 Å². The first kappa shape index (κ1) is 25.4. The number of ether oxygens (including phenoxy) is 2. The minimum absolute atomic E-state index is 0.0356. The summed E-state index contributed by atoms with van der Waals surface area (Å²) in [4.78, 5) is 28.7. The van der Waals surface area contributed by atoms with Gasteiger partial charge < -0.3 is 20.1 Å². The molecule has 1 aromatic rings. The quantitative estimate of drug-likeness (QED) is 0.616. The van der Waals surface area contributed by atoms with Crippen molar-refractivity contribution in [3.8, 4) is 5.75 Å². The van der Waals surface area contributed by atoms with Crippen molar-refractivity contribution in [2.24, 2.45) is 23.0 Å². The average Bonchev–Trinajstić information content (AvgIpc) is 3.07. The Kier molecular flexibility index (Phi) is 7.98. The third-order valence-electron chi connectivity index (χ3n) is 6.91. The van der Waals surface area contributed by atoms with Crippen LogP contribution in [0.3, 0.4) is 0 Å². The van der Waals surface area contributed by atoms with Crippen molar-refractivity contribution < 1.29 is 27.8 Å². The van der Waals surface area contributed by atoms with Gasteiger partial charge in [0.1, 0.15) is 11.8 Å². The van der Waals surface area contributed by atoms with Gasteiger partial charge in [-0.2, -0.15) is 8.78 Å². The maximum absolute atomic E-state index is 13.9. The van der Waals surface area contributed by atoms with Gasteiger partial charge in [0.2, 0.25) is 5.91 Å². The van der Waals surface area contributed by atoms with Gasteiger partial charge in [-0.25, -0.2) is 4.79 Å². The monoisotopic (exact) mass is 466 g/mol. The Balaban J connectivity index is 2.16. The molecule has 1 aliphatic carbocycles. The lowest BCUT2D eigenvalue weighted by Crippen LogP contribution is -2.50. The fraction of sp³-hybridized carbons (Fsp3) is 0.680. The molecule has 6 nitrogen and oxygen atoms in total. The molecule has 0 radical (unpaired) electrons. The number of halogens is 2. The highest BCUT2D eigenvalue weighted by atomic mass is 19.3. The highest BCUT2D eigenvalue weighted by molar-refractivity contribution is 5.88. The zero-order valence-electron chi connectivity index (χ0n) is 19.9. The topological polar surface area (TPSA) is 81.9 Å². The van der Waals surface area contributed by atoms with Gasteiger partial charge in [0, 0.05) is 23.4 Å². The van der Waals surface area contributed by atoms with Crippen molar-refractivity contribution in [2.75, 3.05) is 6.61 Å². The van der Waals surface area contributed by atoms with Crippen LogP contribution in [-0.2, 0) is 14.3 Å². The van der Waals surface area contributed by atoms with E-state index in [4.69, 9.17) is 15.2 Å². The van der Waals surface area contributed by atoms with Crippen LogP contribution in [0.2, 0.25) is 0 Å². The number of likely N-dealkylation sites (tertiary alicyclic amines) is 1. The van der Waals surface area contributed by atoms with Crippen molar-refractivity contribution in [3.05, 3.63) is 29.8 Å². The first-order chi connectivity index (χ1) is 15.6. The van der Waals surface area contributed by atoms with E-state index in [1.54, 1.807) is 30.0 Å². The normalized spacial score (nSPS) is 26.5. The number of amides is 1. The number of hydrogen-bond donors (Lipinski definition) is 1. The predicted molar refractivity (Wildman–Crippen MR) is 121 cm³/mol. The van der Waals surface area contributed by atoms with Crippen LogP contribution in [0.5, 0.6) is 5.75 Å². The lowest BCUT2D eigenvalue weighted by molar-refractivity contribution is -0.158. The Labute approximate surface area is 194 Å². The molecule has 1 heterocycles. The molecule has 4 atom stereocenters. The number of rotatable bonds is 6. The number of nitrogens with two attached hydrogens (primary N) is 1. The fourth-order valence-corrected chi connectivity index (χ4v) is 5.60. The van der Waals surface area contributed by atoms with Crippen molar-refractivity contribution in [3.63, 3.8) is 0 Å². The third kappa shape index (κ3) is 5.31. The lowest BCUT2D eigenvalue weighted by Gasteiger charge is -2.36. The van der Waals surface area contributed by atoms with Gasteiger partial charge in [0.25, 0.3) is 0 Å². The highest BCUT2D eigenvalue weighted by Crippen LogP contribution is 2.50. The smallest absolute Gasteiger partial charge is 0.387 e. The standard InChI is InChI=1S/C25H36F2N2O4/c1-5-32-23(31)21-18(25(2,3)4)19(28)20(16-13-9-10-14-17(16)33-24(26)27)29(21)22(30)15-11-7-6-8-12-15/h9-10,13-15,18-21,24H,5-8,11-12,28H2,1-4H3/t18-,19-,20-,21-/m0/s1. The first-order valence-corrected chi connectivity index (χ1v) is 11.9. The first-order valence-electron chi connectivity index (χ1n) is 11.9. The number of carbonyl (C=O) groups excluding carboxylic acids is 2. The molecular formula is C25H36F2N2O4. The predicted octanol–water partition coefficient (Wildman–Crippen LogP) is 4.67.